The summed E-state index contributed by atoms with van der Waals surface area (Å²) in [6.07, 6.45) is 8.81. The number of hydrogen-bond acceptors (Lipinski definition) is 2. The first kappa shape index (κ1) is 19.4. The molecule has 120 valence electrons. The van der Waals surface area contributed by atoms with Gasteiger partial charge in [-0.1, -0.05) is 67.1 Å². The van der Waals surface area contributed by atoms with E-state index < -0.39 is 0 Å². The summed E-state index contributed by atoms with van der Waals surface area (Å²) in [5.74, 6) is 0.720. The molecule has 0 heterocycles. The van der Waals surface area contributed by atoms with Crippen molar-refractivity contribution < 1.29 is 9.47 Å². The van der Waals surface area contributed by atoms with Gasteiger partial charge in [-0.25, -0.2) is 0 Å². The molecule has 1 rings (SSSR count). The van der Waals surface area contributed by atoms with Crippen molar-refractivity contribution in [3.8, 4) is 0 Å². The van der Waals surface area contributed by atoms with Crippen molar-refractivity contribution in [1.82, 2.24) is 0 Å². The molecule has 2 nitrogen and oxygen atoms in total. The fourth-order valence-corrected chi connectivity index (χ4v) is 3.92. The third-order valence-electron chi connectivity index (χ3n) is 4.40. The van der Waals surface area contributed by atoms with Gasteiger partial charge in [0.05, 0.1) is 13.2 Å². The van der Waals surface area contributed by atoms with Gasteiger partial charge in [0.15, 0.2) is 0 Å². The Hall–Kier alpha value is 1.36. The summed E-state index contributed by atoms with van der Waals surface area (Å²) in [5, 5.41) is 0. The molecule has 1 aliphatic rings. The maximum Gasteiger partial charge on any atom is 0.135 e. The third kappa shape index (κ3) is 6.64. The largest absolute Gasteiger partial charge is 0.384 e. The van der Waals surface area contributed by atoms with Gasteiger partial charge < -0.3 is 9.47 Å². The molecule has 0 bridgehead atoms. The van der Waals surface area contributed by atoms with Crippen LogP contribution in [-0.4, -0.2) is 29.1 Å². The summed E-state index contributed by atoms with van der Waals surface area (Å²) in [4.78, 5) is 0. The van der Waals surface area contributed by atoms with E-state index in [1.54, 1.807) is 0 Å². The molecule has 20 heavy (non-hydrogen) atoms. The number of rotatable bonds is 8. The summed E-state index contributed by atoms with van der Waals surface area (Å²) in [5.41, 5.74) is 0.145. The van der Waals surface area contributed by atoms with Crippen LogP contribution in [0.2, 0.25) is 0 Å². The lowest BCUT2D eigenvalue weighted by atomic mass is 9.67. The average molecular weight is 479 g/mol. The molecule has 1 atom stereocenters. The second-order valence-corrected chi connectivity index (χ2v) is 13.1. The quantitative estimate of drug-likeness (QED) is 0.407. The number of alkyl halides is 3. The minimum absolute atomic E-state index is 0.145. The van der Waals surface area contributed by atoms with Crippen LogP contribution < -0.4 is 0 Å². The highest BCUT2D eigenvalue weighted by atomic mass is 80.0. The Labute approximate surface area is 149 Å². The Morgan fingerprint density at radius 2 is 1.65 bits per heavy atom. The molecule has 1 unspecified atom stereocenters. The molecular formula is C15H27Br3O2. The van der Waals surface area contributed by atoms with E-state index in [-0.39, 0.29) is 7.56 Å². The smallest absolute Gasteiger partial charge is 0.135 e. The second-order valence-electron chi connectivity index (χ2n) is 5.88. The Morgan fingerprint density at radius 1 is 1.00 bits per heavy atom. The second kappa shape index (κ2) is 9.49. The summed E-state index contributed by atoms with van der Waals surface area (Å²) in [7, 11) is 1.81. The molecule has 0 spiro atoms. The molecule has 1 saturated carbocycles. The Balaban J connectivity index is 2.80. The zero-order chi connectivity index (χ0) is 15.1. The van der Waals surface area contributed by atoms with Gasteiger partial charge in [0.1, 0.15) is 2.14 Å². The number of hydrogen-bond donors (Lipinski definition) is 0. The van der Waals surface area contributed by atoms with Gasteiger partial charge in [0.25, 0.3) is 0 Å². The summed E-state index contributed by atoms with van der Waals surface area (Å²) in [6, 6.07) is 0. The normalized spacial score (nSPS) is 20.9. The Morgan fingerprint density at radius 3 is 2.15 bits per heavy atom. The predicted molar refractivity (Wildman–Crippen MR) is 96.1 cm³/mol. The number of halogens is 3. The molecule has 0 aromatic rings. The molecule has 0 aromatic heterocycles. The molecule has 0 aliphatic heterocycles. The number of ether oxygens (including phenoxy) is 2. The number of methoxy groups -OCH3 is 1. The van der Waals surface area contributed by atoms with Crippen LogP contribution in [0.3, 0.4) is 0 Å². The molecule has 5 heteroatoms. The summed E-state index contributed by atoms with van der Waals surface area (Å²) >= 11 is 10.9. The summed E-state index contributed by atoms with van der Waals surface area (Å²) in [6.45, 7) is 4.45. The van der Waals surface area contributed by atoms with E-state index in [1.807, 2.05) is 7.11 Å². The molecule has 1 aliphatic carbocycles. The van der Waals surface area contributed by atoms with E-state index >= 15 is 0 Å². The van der Waals surface area contributed by atoms with Crippen LogP contribution in [0.5, 0.6) is 0 Å². The van der Waals surface area contributed by atoms with E-state index in [1.165, 1.54) is 32.1 Å². The molecule has 0 amide bonds. The highest BCUT2D eigenvalue weighted by Crippen LogP contribution is 2.47. The lowest BCUT2D eigenvalue weighted by Gasteiger charge is -2.43. The Bertz CT molecular complexity index is 262. The molecule has 0 saturated heterocycles. The third-order valence-corrected chi connectivity index (χ3v) is 5.59. The van der Waals surface area contributed by atoms with E-state index in [2.05, 4.69) is 54.7 Å². The molecular weight excluding hydrogens is 452 g/mol. The van der Waals surface area contributed by atoms with Crippen molar-refractivity contribution in [2.75, 3.05) is 26.9 Å². The monoisotopic (exact) mass is 476 g/mol. The van der Waals surface area contributed by atoms with Crippen LogP contribution >= 0.6 is 47.8 Å². The van der Waals surface area contributed by atoms with Crippen LogP contribution in [0, 0.1) is 11.3 Å². The van der Waals surface area contributed by atoms with Gasteiger partial charge in [0, 0.05) is 19.1 Å². The van der Waals surface area contributed by atoms with Crippen LogP contribution in [-0.2, 0) is 9.47 Å². The van der Waals surface area contributed by atoms with E-state index in [9.17, 15) is 0 Å². The van der Waals surface area contributed by atoms with Crippen molar-refractivity contribution in [1.29, 1.82) is 0 Å². The highest BCUT2D eigenvalue weighted by molar-refractivity contribution is 9.39. The first-order valence-electron chi connectivity index (χ1n) is 7.57. The lowest BCUT2D eigenvalue weighted by Crippen LogP contribution is -2.41. The fraction of sp³-hybridized carbons (Fsp3) is 1.00. The standard InChI is InChI=1S/C15H27Br3O2/c1-3-20-12-14(11-19-2,9-10-15(16,17)18)13-7-5-4-6-8-13/h13H,3-12H2,1-2H3. The highest BCUT2D eigenvalue weighted by Gasteiger charge is 2.40. The molecule has 1 fully saturated rings. The molecule has 0 N–H and O–H groups in total. The SMILES string of the molecule is CCOCC(CCC(Br)(Br)Br)(COC)C1CCCCC1. The van der Waals surface area contributed by atoms with Crippen molar-refractivity contribution in [2.45, 2.75) is 54.0 Å². The van der Waals surface area contributed by atoms with Gasteiger partial charge in [0.2, 0.25) is 0 Å². The van der Waals surface area contributed by atoms with E-state index in [4.69, 9.17) is 9.47 Å². The maximum absolute atomic E-state index is 5.84. The van der Waals surface area contributed by atoms with Crippen molar-refractivity contribution >= 4 is 47.8 Å². The minimum atomic E-state index is -0.174. The van der Waals surface area contributed by atoms with Gasteiger partial charge in [-0.2, -0.15) is 0 Å². The van der Waals surface area contributed by atoms with E-state index in [0.717, 1.165) is 38.6 Å². The fourth-order valence-electron chi connectivity index (χ4n) is 3.32. The van der Waals surface area contributed by atoms with Crippen LogP contribution in [0.25, 0.3) is 0 Å². The van der Waals surface area contributed by atoms with Gasteiger partial charge in [-0.05, 0) is 38.5 Å². The van der Waals surface area contributed by atoms with Crippen molar-refractivity contribution in [2.24, 2.45) is 11.3 Å². The van der Waals surface area contributed by atoms with Crippen molar-refractivity contribution in [3.05, 3.63) is 0 Å². The zero-order valence-electron chi connectivity index (χ0n) is 12.6. The Kier molecular flexibility index (Phi) is 9.21. The predicted octanol–water partition coefficient (Wildman–Crippen LogP) is 5.85. The van der Waals surface area contributed by atoms with Crippen LogP contribution in [0.1, 0.15) is 51.9 Å². The molecule has 0 aromatic carbocycles. The minimum Gasteiger partial charge on any atom is -0.384 e. The van der Waals surface area contributed by atoms with Gasteiger partial charge in [-0.15, -0.1) is 0 Å². The first-order chi connectivity index (χ1) is 9.43. The topological polar surface area (TPSA) is 18.5 Å². The van der Waals surface area contributed by atoms with Crippen LogP contribution in [0.15, 0.2) is 0 Å². The molecule has 0 radical (unpaired) electrons. The maximum atomic E-state index is 5.84. The van der Waals surface area contributed by atoms with Crippen LogP contribution in [0.4, 0.5) is 0 Å². The average Bonchev–Trinajstić information content (AvgIpc) is 2.42. The van der Waals surface area contributed by atoms with E-state index in [0.29, 0.717) is 0 Å². The zero-order valence-corrected chi connectivity index (χ0v) is 17.4. The first-order valence-corrected chi connectivity index (χ1v) is 9.95. The lowest BCUT2D eigenvalue weighted by molar-refractivity contribution is -0.0568. The summed E-state index contributed by atoms with van der Waals surface area (Å²) < 4.78 is 11.3. The van der Waals surface area contributed by atoms with Crippen molar-refractivity contribution in [3.63, 3.8) is 0 Å². The van der Waals surface area contributed by atoms with Gasteiger partial charge >= 0.3 is 0 Å². The van der Waals surface area contributed by atoms with Gasteiger partial charge in [-0.3, -0.25) is 0 Å².